The molecular weight excluding hydrogens is 520 g/mol. The Hall–Kier alpha value is -4.40. The molecule has 1 aromatic heterocycles. The van der Waals surface area contributed by atoms with E-state index in [1.165, 1.54) is 4.57 Å². The number of fused-ring (bicyclic) bond motifs is 1. The lowest BCUT2D eigenvalue weighted by atomic mass is 10.2. The standard InChI is InChI=1S/C29H21ClN4O3S/c30-21-13-15-22(16-14-21)34-28(36)25-11-4-5-12-26(25)32-29(34)38-19-27(35)33-31-18-20-7-6-10-24(17-20)37-23-8-2-1-3-9-23/h1-18H,19H2,(H,33,35). The minimum atomic E-state index is -0.340. The molecule has 1 amide bonds. The molecule has 0 bridgehead atoms. The van der Waals surface area contributed by atoms with Crippen LogP contribution < -0.4 is 15.7 Å². The zero-order valence-corrected chi connectivity index (χ0v) is 21.5. The predicted octanol–water partition coefficient (Wildman–Crippen LogP) is 6.07. The van der Waals surface area contributed by atoms with Crippen molar-refractivity contribution in [3.8, 4) is 17.2 Å². The second-order valence-electron chi connectivity index (χ2n) is 8.10. The molecule has 1 N–H and O–H groups in total. The van der Waals surface area contributed by atoms with Crippen LogP contribution in [0.2, 0.25) is 5.02 Å². The zero-order valence-electron chi connectivity index (χ0n) is 20.0. The first-order valence-corrected chi connectivity index (χ1v) is 13.0. The largest absolute Gasteiger partial charge is 0.457 e. The van der Waals surface area contributed by atoms with Crippen LogP contribution in [0.1, 0.15) is 5.56 Å². The average molecular weight is 541 g/mol. The van der Waals surface area contributed by atoms with Gasteiger partial charge in [-0.25, -0.2) is 10.4 Å². The Morgan fingerprint density at radius 2 is 1.68 bits per heavy atom. The summed E-state index contributed by atoms with van der Waals surface area (Å²) in [5.41, 5.74) is 4.23. The molecule has 188 valence electrons. The number of thioether (sulfide) groups is 1. The van der Waals surface area contributed by atoms with E-state index in [-0.39, 0.29) is 17.2 Å². The summed E-state index contributed by atoms with van der Waals surface area (Å²) in [5, 5.41) is 5.49. The monoisotopic (exact) mass is 540 g/mol. The van der Waals surface area contributed by atoms with Crippen LogP contribution in [-0.4, -0.2) is 27.4 Å². The number of hydrogen-bond acceptors (Lipinski definition) is 6. The quantitative estimate of drug-likeness (QED) is 0.112. The first-order chi connectivity index (χ1) is 18.6. The lowest BCUT2D eigenvalue weighted by Crippen LogP contribution is -2.24. The molecule has 0 radical (unpaired) electrons. The second kappa shape index (κ2) is 11.8. The first-order valence-electron chi connectivity index (χ1n) is 11.6. The molecule has 7 nitrogen and oxygen atoms in total. The molecular formula is C29H21ClN4O3S. The van der Waals surface area contributed by atoms with Crippen molar-refractivity contribution in [2.75, 3.05) is 5.75 Å². The molecule has 5 rings (SSSR count). The number of nitrogens with one attached hydrogen (secondary N) is 1. The van der Waals surface area contributed by atoms with Crippen molar-refractivity contribution >= 4 is 46.4 Å². The number of hydrogen-bond donors (Lipinski definition) is 1. The molecule has 0 saturated carbocycles. The molecule has 0 saturated heterocycles. The van der Waals surface area contributed by atoms with Crippen molar-refractivity contribution in [3.63, 3.8) is 0 Å². The number of halogens is 1. The number of hydrazone groups is 1. The highest BCUT2D eigenvalue weighted by Gasteiger charge is 2.14. The molecule has 4 aromatic carbocycles. The van der Waals surface area contributed by atoms with Crippen molar-refractivity contribution in [2.24, 2.45) is 5.10 Å². The molecule has 0 fully saturated rings. The van der Waals surface area contributed by atoms with E-state index < -0.39 is 0 Å². The van der Waals surface area contributed by atoms with Crippen molar-refractivity contribution in [1.29, 1.82) is 0 Å². The van der Waals surface area contributed by atoms with Crippen LogP contribution in [0.3, 0.4) is 0 Å². The average Bonchev–Trinajstić information content (AvgIpc) is 2.93. The van der Waals surface area contributed by atoms with Gasteiger partial charge in [0.15, 0.2) is 5.16 Å². The van der Waals surface area contributed by atoms with E-state index in [0.717, 1.165) is 23.1 Å². The van der Waals surface area contributed by atoms with Crippen LogP contribution in [0.15, 0.2) is 118 Å². The van der Waals surface area contributed by atoms with Crippen LogP contribution in [-0.2, 0) is 4.79 Å². The van der Waals surface area contributed by atoms with Gasteiger partial charge in [0.2, 0.25) is 0 Å². The molecule has 5 aromatic rings. The minimum absolute atomic E-state index is 0.00681. The molecule has 0 spiro atoms. The Morgan fingerprint density at radius 1 is 0.947 bits per heavy atom. The Balaban J connectivity index is 1.28. The first kappa shape index (κ1) is 25.3. The van der Waals surface area contributed by atoms with E-state index in [9.17, 15) is 9.59 Å². The van der Waals surface area contributed by atoms with Crippen molar-refractivity contribution in [1.82, 2.24) is 15.0 Å². The third-order valence-corrected chi connectivity index (χ3v) is 6.59. The Bertz CT molecular complexity index is 1670. The lowest BCUT2D eigenvalue weighted by molar-refractivity contribution is -0.118. The number of para-hydroxylation sites is 2. The normalized spacial score (nSPS) is 11.1. The van der Waals surface area contributed by atoms with E-state index in [4.69, 9.17) is 16.3 Å². The molecule has 0 aliphatic heterocycles. The highest BCUT2D eigenvalue weighted by atomic mass is 35.5. The molecule has 38 heavy (non-hydrogen) atoms. The summed E-state index contributed by atoms with van der Waals surface area (Å²) in [6, 6.07) is 30.8. The van der Waals surface area contributed by atoms with E-state index in [2.05, 4.69) is 15.5 Å². The minimum Gasteiger partial charge on any atom is -0.457 e. The number of ether oxygens (including phenoxy) is 1. The number of nitrogens with zero attached hydrogens (tertiary/aromatic N) is 3. The van der Waals surface area contributed by atoms with E-state index in [1.54, 1.807) is 48.7 Å². The van der Waals surface area contributed by atoms with Gasteiger partial charge in [-0.05, 0) is 66.2 Å². The van der Waals surface area contributed by atoms with Gasteiger partial charge in [0, 0.05) is 5.02 Å². The maximum Gasteiger partial charge on any atom is 0.266 e. The second-order valence-corrected chi connectivity index (χ2v) is 9.48. The number of carbonyl (C=O) groups excluding carboxylic acids is 1. The third kappa shape index (κ3) is 6.11. The van der Waals surface area contributed by atoms with Crippen molar-refractivity contribution in [2.45, 2.75) is 5.16 Å². The molecule has 9 heteroatoms. The Morgan fingerprint density at radius 3 is 2.50 bits per heavy atom. The molecule has 1 heterocycles. The fourth-order valence-electron chi connectivity index (χ4n) is 3.65. The van der Waals surface area contributed by atoms with Gasteiger partial charge in [-0.2, -0.15) is 5.10 Å². The van der Waals surface area contributed by atoms with Crippen LogP contribution in [0, 0.1) is 0 Å². The number of aromatic nitrogens is 2. The lowest BCUT2D eigenvalue weighted by Gasteiger charge is -2.13. The molecule has 0 unspecified atom stereocenters. The summed E-state index contributed by atoms with van der Waals surface area (Å²) in [6.45, 7) is 0. The summed E-state index contributed by atoms with van der Waals surface area (Å²) in [5.74, 6) is 1.05. The van der Waals surface area contributed by atoms with Gasteiger partial charge in [0.25, 0.3) is 11.5 Å². The van der Waals surface area contributed by atoms with Crippen molar-refractivity contribution < 1.29 is 9.53 Å². The third-order valence-electron chi connectivity index (χ3n) is 5.40. The van der Waals surface area contributed by atoms with E-state index in [0.29, 0.717) is 32.5 Å². The van der Waals surface area contributed by atoms with Crippen LogP contribution in [0.5, 0.6) is 11.5 Å². The van der Waals surface area contributed by atoms with E-state index in [1.807, 2.05) is 60.7 Å². The number of carbonyl (C=O) groups is 1. The van der Waals surface area contributed by atoms with Crippen LogP contribution in [0.25, 0.3) is 16.6 Å². The van der Waals surface area contributed by atoms with Gasteiger partial charge in [0.05, 0.1) is 28.6 Å². The number of rotatable bonds is 8. The molecule has 0 aliphatic carbocycles. The number of amides is 1. The summed E-state index contributed by atoms with van der Waals surface area (Å²) >= 11 is 7.18. The van der Waals surface area contributed by atoms with Crippen LogP contribution in [0.4, 0.5) is 0 Å². The SMILES string of the molecule is O=C(CSc1nc2ccccc2c(=O)n1-c1ccc(Cl)cc1)NN=Cc1cccc(Oc2ccccc2)c1. The molecule has 0 atom stereocenters. The Labute approximate surface area is 227 Å². The summed E-state index contributed by atoms with van der Waals surface area (Å²) < 4.78 is 7.32. The fourth-order valence-corrected chi connectivity index (χ4v) is 4.58. The van der Waals surface area contributed by atoms with Gasteiger partial charge in [0.1, 0.15) is 11.5 Å². The number of benzene rings is 4. The zero-order chi connectivity index (χ0) is 26.3. The van der Waals surface area contributed by atoms with Gasteiger partial charge in [-0.1, -0.05) is 65.8 Å². The Kier molecular flexibility index (Phi) is 7.82. The smallest absolute Gasteiger partial charge is 0.266 e. The van der Waals surface area contributed by atoms with Gasteiger partial charge >= 0.3 is 0 Å². The topological polar surface area (TPSA) is 85.6 Å². The van der Waals surface area contributed by atoms with Crippen molar-refractivity contribution in [3.05, 3.63) is 124 Å². The molecule has 0 aliphatic rings. The summed E-state index contributed by atoms with van der Waals surface area (Å²) in [4.78, 5) is 30.5. The van der Waals surface area contributed by atoms with Gasteiger partial charge in [-0.15, -0.1) is 0 Å². The van der Waals surface area contributed by atoms with Crippen LogP contribution >= 0.6 is 23.4 Å². The maximum absolute atomic E-state index is 13.3. The maximum atomic E-state index is 13.3. The van der Waals surface area contributed by atoms with Gasteiger partial charge in [-0.3, -0.25) is 14.2 Å². The van der Waals surface area contributed by atoms with Gasteiger partial charge < -0.3 is 4.74 Å². The summed E-state index contributed by atoms with van der Waals surface area (Å²) in [6.07, 6.45) is 1.54. The highest BCUT2D eigenvalue weighted by molar-refractivity contribution is 7.99. The highest BCUT2D eigenvalue weighted by Crippen LogP contribution is 2.23. The fraction of sp³-hybridized carbons (Fsp3) is 0.0345. The predicted molar refractivity (Wildman–Crippen MR) is 152 cm³/mol. The summed E-state index contributed by atoms with van der Waals surface area (Å²) in [7, 11) is 0. The van der Waals surface area contributed by atoms with E-state index >= 15 is 0 Å².